The second-order valence-corrected chi connectivity index (χ2v) is 5.86. The molecular formula is C14H19ClFN3. The van der Waals surface area contributed by atoms with Crippen molar-refractivity contribution in [2.75, 3.05) is 36.8 Å². The molecule has 0 saturated carbocycles. The first kappa shape index (κ1) is 13.0. The van der Waals surface area contributed by atoms with Gasteiger partial charge in [-0.2, -0.15) is 0 Å². The third-order valence-electron chi connectivity index (χ3n) is 4.23. The van der Waals surface area contributed by atoms with Crippen LogP contribution >= 0.6 is 11.6 Å². The Labute approximate surface area is 118 Å². The maximum atomic E-state index is 13.6. The Balaban J connectivity index is 1.75. The van der Waals surface area contributed by atoms with E-state index in [4.69, 9.17) is 17.3 Å². The molecule has 0 spiro atoms. The van der Waals surface area contributed by atoms with Gasteiger partial charge in [-0.3, -0.25) is 4.90 Å². The summed E-state index contributed by atoms with van der Waals surface area (Å²) in [5, 5.41) is 0.0940. The Morgan fingerprint density at radius 3 is 2.68 bits per heavy atom. The summed E-state index contributed by atoms with van der Waals surface area (Å²) >= 11 is 5.74. The average molecular weight is 284 g/mol. The van der Waals surface area contributed by atoms with Crippen molar-refractivity contribution in [2.45, 2.75) is 25.3 Å². The standard InChI is InChI=1S/C14H19ClFN3/c15-11-7-13(17)14(8-12(11)16)19-6-3-10(9-19)18-4-1-2-5-18/h7-8,10H,1-6,9,17H2. The van der Waals surface area contributed by atoms with Crippen molar-refractivity contribution in [1.29, 1.82) is 0 Å². The Hall–Kier alpha value is -1.00. The lowest BCUT2D eigenvalue weighted by Crippen LogP contribution is -2.35. The van der Waals surface area contributed by atoms with Crippen LogP contribution in [-0.2, 0) is 0 Å². The molecule has 19 heavy (non-hydrogen) atoms. The molecule has 1 aromatic rings. The van der Waals surface area contributed by atoms with Gasteiger partial charge >= 0.3 is 0 Å². The van der Waals surface area contributed by atoms with Crippen molar-refractivity contribution < 1.29 is 4.39 Å². The van der Waals surface area contributed by atoms with Crippen molar-refractivity contribution >= 4 is 23.0 Å². The van der Waals surface area contributed by atoms with Crippen LogP contribution in [0.25, 0.3) is 0 Å². The van der Waals surface area contributed by atoms with Gasteiger partial charge in [0.25, 0.3) is 0 Å². The summed E-state index contributed by atoms with van der Waals surface area (Å²) in [5.41, 5.74) is 7.31. The Bertz CT molecular complexity index is 474. The number of likely N-dealkylation sites (tertiary alicyclic amines) is 1. The van der Waals surface area contributed by atoms with E-state index in [9.17, 15) is 4.39 Å². The highest BCUT2D eigenvalue weighted by atomic mass is 35.5. The van der Waals surface area contributed by atoms with Gasteiger partial charge in [-0.05, 0) is 38.4 Å². The number of hydrogen-bond donors (Lipinski definition) is 1. The second kappa shape index (κ2) is 5.17. The SMILES string of the molecule is Nc1cc(Cl)c(F)cc1N1CCC(N2CCCC2)C1. The maximum Gasteiger partial charge on any atom is 0.144 e. The van der Waals surface area contributed by atoms with E-state index in [1.54, 1.807) is 0 Å². The molecule has 2 saturated heterocycles. The van der Waals surface area contributed by atoms with E-state index in [1.807, 2.05) is 0 Å². The summed E-state index contributed by atoms with van der Waals surface area (Å²) in [7, 11) is 0. The predicted octanol–water partition coefficient (Wildman–Crippen LogP) is 2.74. The molecule has 2 fully saturated rings. The van der Waals surface area contributed by atoms with E-state index < -0.39 is 5.82 Å². The zero-order valence-corrected chi connectivity index (χ0v) is 11.7. The Morgan fingerprint density at radius 1 is 1.21 bits per heavy atom. The first-order chi connectivity index (χ1) is 9.15. The van der Waals surface area contributed by atoms with Gasteiger partial charge in [0.2, 0.25) is 0 Å². The highest BCUT2D eigenvalue weighted by Crippen LogP contribution is 2.32. The molecule has 2 aliphatic heterocycles. The number of hydrogen-bond acceptors (Lipinski definition) is 3. The van der Waals surface area contributed by atoms with Gasteiger partial charge in [-0.25, -0.2) is 4.39 Å². The van der Waals surface area contributed by atoms with Gasteiger partial charge < -0.3 is 10.6 Å². The molecule has 104 valence electrons. The van der Waals surface area contributed by atoms with Gasteiger partial charge in [-0.1, -0.05) is 11.6 Å². The van der Waals surface area contributed by atoms with Crippen LogP contribution in [0.2, 0.25) is 5.02 Å². The van der Waals surface area contributed by atoms with Crippen LogP contribution in [0.1, 0.15) is 19.3 Å². The minimum Gasteiger partial charge on any atom is -0.397 e. The average Bonchev–Trinajstić information content (AvgIpc) is 3.03. The van der Waals surface area contributed by atoms with Crippen molar-refractivity contribution in [3.63, 3.8) is 0 Å². The fraction of sp³-hybridized carbons (Fsp3) is 0.571. The summed E-state index contributed by atoms with van der Waals surface area (Å²) in [4.78, 5) is 4.72. The van der Waals surface area contributed by atoms with Crippen LogP contribution in [0.3, 0.4) is 0 Å². The van der Waals surface area contributed by atoms with Crippen LogP contribution in [-0.4, -0.2) is 37.1 Å². The van der Waals surface area contributed by atoms with E-state index in [0.717, 1.165) is 25.2 Å². The summed E-state index contributed by atoms with van der Waals surface area (Å²) in [5.74, 6) is -0.393. The summed E-state index contributed by atoms with van der Waals surface area (Å²) < 4.78 is 13.6. The van der Waals surface area contributed by atoms with Crippen molar-refractivity contribution in [1.82, 2.24) is 4.90 Å². The maximum absolute atomic E-state index is 13.6. The van der Waals surface area contributed by atoms with Gasteiger partial charge in [0.05, 0.1) is 16.4 Å². The number of rotatable bonds is 2. The molecule has 2 N–H and O–H groups in total. The lowest BCUT2D eigenvalue weighted by Gasteiger charge is -2.25. The molecule has 3 nitrogen and oxygen atoms in total. The third-order valence-corrected chi connectivity index (χ3v) is 4.52. The Kier molecular flexibility index (Phi) is 3.54. The largest absolute Gasteiger partial charge is 0.397 e. The molecule has 0 aromatic heterocycles. The zero-order valence-electron chi connectivity index (χ0n) is 10.9. The molecule has 0 amide bonds. The molecule has 2 aliphatic rings. The smallest absolute Gasteiger partial charge is 0.144 e. The molecule has 1 unspecified atom stereocenters. The molecule has 3 rings (SSSR count). The van der Waals surface area contributed by atoms with Crippen LogP contribution in [0.5, 0.6) is 0 Å². The van der Waals surface area contributed by atoms with Gasteiger partial charge in [0.15, 0.2) is 0 Å². The monoisotopic (exact) mass is 283 g/mol. The lowest BCUT2D eigenvalue weighted by molar-refractivity contribution is 0.260. The molecule has 0 radical (unpaired) electrons. The fourth-order valence-electron chi connectivity index (χ4n) is 3.19. The van der Waals surface area contributed by atoms with E-state index in [1.165, 1.54) is 38.1 Å². The second-order valence-electron chi connectivity index (χ2n) is 5.46. The first-order valence-corrected chi connectivity index (χ1v) is 7.26. The quantitative estimate of drug-likeness (QED) is 0.847. The third kappa shape index (κ3) is 2.51. The van der Waals surface area contributed by atoms with Crippen molar-refractivity contribution in [2.24, 2.45) is 0 Å². The minimum atomic E-state index is -0.393. The van der Waals surface area contributed by atoms with Gasteiger partial charge in [0.1, 0.15) is 5.82 Å². The molecule has 5 heteroatoms. The normalized spacial score (nSPS) is 24.3. The van der Waals surface area contributed by atoms with E-state index in [0.29, 0.717) is 11.7 Å². The number of nitrogen functional groups attached to an aromatic ring is 1. The zero-order chi connectivity index (χ0) is 13.4. The molecule has 1 atom stereocenters. The Morgan fingerprint density at radius 2 is 1.95 bits per heavy atom. The van der Waals surface area contributed by atoms with Crippen LogP contribution in [0, 0.1) is 5.82 Å². The van der Waals surface area contributed by atoms with Crippen molar-refractivity contribution in [3.8, 4) is 0 Å². The van der Waals surface area contributed by atoms with Gasteiger partial charge in [-0.15, -0.1) is 0 Å². The van der Waals surface area contributed by atoms with E-state index in [-0.39, 0.29) is 5.02 Å². The molecule has 0 aliphatic carbocycles. The highest BCUT2D eigenvalue weighted by Gasteiger charge is 2.30. The summed E-state index contributed by atoms with van der Waals surface area (Å²) in [6.07, 6.45) is 3.73. The number of anilines is 2. The van der Waals surface area contributed by atoms with Gasteiger partial charge in [0, 0.05) is 25.2 Å². The van der Waals surface area contributed by atoms with Crippen LogP contribution in [0.15, 0.2) is 12.1 Å². The minimum absolute atomic E-state index is 0.0940. The summed E-state index contributed by atoms with van der Waals surface area (Å²) in [6.45, 7) is 4.27. The highest BCUT2D eigenvalue weighted by molar-refractivity contribution is 6.31. The van der Waals surface area contributed by atoms with Crippen LogP contribution in [0.4, 0.5) is 15.8 Å². The predicted molar refractivity (Wildman–Crippen MR) is 77.2 cm³/mol. The lowest BCUT2D eigenvalue weighted by atomic mass is 10.2. The fourth-order valence-corrected chi connectivity index (χ4v) is 3.36. The number of halogens is 2. The number of benzene rings is 1. The molecular weight excluding hydrogens is 265 g/mol. The van der Waals surface area contributed by atoms with E-state index >= 15 is 0 Å². The summed E-state index contributed by atoms with van der Waals surface area (Å²) in [6, 6.07) is 3.56. The van der Waals surface area contributed by atoms with Crippen molar-refractivity contribution in [3.05, 3.63) is 23.0 Å². The molecule has 1 aromatic carbocycles. The number of nitrogens with zero attached hydrogens (tertiary/aromatic N) is 2. The molecule has 2 heterocycles. The number of nitrogens with two attached hydrogens (primary N) is 1. The molecule has 0 bridgehead atoms. The van der Waals surface area contributed by atoms with E-state index in [2.05, 4.69) is 9.80 Å². The first-order valence-electron chi connectivity index (χ1n) is 6.88. The topological polar surface area (TPSA) is 32.5 Å². The van der Waals surface area contributed by atoms with Crippen LogP contribution < -0.4 is 10.6 Å².